The van der Waals surface area contributed by atoms with Crippen LogP contribution in [0.25, 0.3) is 0 Å². The van der Waals surface area contributed by atoms with Gasteiger partial charge in [-0.3, -0.25) is 15.1 Å². The summed E-state index contributed by atoms with van der Waals surface area (Å²) in [6, 6.07) is 1.70. The molecule has 102 valence electrons. The molecule has 0 saturated carbocycles. The molecule has 0 bridgehead atoms. The SMILES string of the molecule is CCOCCN(CC)Cc1cc(C(=O)NN)co1. The van der Waals surface area contributed by atoms with Crippen molar-refractivity contribution in [3.05, 3.63) is 23.7 Å². The molecule has 0 radical (unpaired) electrons. The summed E-state index contributed by atoms with van der Waals surface area (Å²) in [5, 5.41) is 0. The fraction of sp³-hybridized carbons (Fsp3) is 0.583. The lowest BCUT2D eigenvalue weighted by Gasteiger charge is -2.18. The van der Waals surface area contributed by atoms with Crippen molar-refractivity contribution in [3.63, 3.8) is 0 Å². The molecule has 0 aliphatic rings. The Kier molecular flexibility index (Phi) is 6.42. The van der Waals surface area contributed by atoms with Gasteiger partial charge < -0.3 is 9.15 Å². The molecule has 6 heteroatoms. The van der Waals surface area contributed by atoms with Crippen molar-refractivity contribution in [2.75, 3.05) is 26.3 Å². The van der Waals surface area contributed by atoms with Crippen LogP contribution in [0, 0.1) is 0 Å². The van der Waals surface area contributed by atoms with Gasteiger partial charge in [-0.1, -0.05) is 6.92 Å². The quantitative estimate of drug-likeness (QED) is 0.310. The summed E-state index contributed by atoms with van der Waals surface area (Å²) < 4.78 is 10.6. The third kappa shape index (κ3) is 4.48. The van der Waals surface area contributed by atoms with Gasteiger partial charge in [0.25, 0.3) is 5.91 Å². The second-order valence-electron chi connectivity index (χ2n) is 3.84. The van der Waals surface area contributed by atoms with Gasteiger partial charge in [0.05, 0.1) is 18.7 Å². The fourth-order valence-electron chi connectivity index (χ4n) is 1.57. The van der Waals surface area contributed by atoms with Crippen LogP contribution in [0.1, 0.15) is 30.0 Å². The van der Waals surface area contributed by atoms with Crippen molar-refractivity contribution < 1.29 is 13.9 Å². The molecule has 1 rings (SSSR count). The number of nitrogen functional groups attached to an aromatic ring is 1. The fourth-order valence-corrected chi connectivity index (χ4v) is 1.57. The average molecular weight is 255 g/mol. The van der Waals surface area contributed by atoms with Crippen molar-refractivity contribution in [1.29, 1.82) is 0 Å². The minimum absolute atomic E-state index is 0.345. The topological polar surface area (TPSA) is 80.7 Å². The number of nitrogens with one attached hydrogen (secondary N) is 1. The zero-order valence-electron chi connectivity index (χ0n) is 10.9. The van der Waals surface area contributed by atoms with Gasteiger partial charge in [0.2, 0.25) is 0 Å². The highest BCUT2D eigenvalue weighted by atomic mass is 16.5. The highest BCUT2D eigenvalue weighted by Crippen LogP contribution is 2.10. The van der Waals surface area contributed by atoms with Crippen LogP contribution in [-0.2, 0) is 11.3 Å². The number of nitrogens with zero attached hydrogens (tertiary/aromatic N) is 1. The van der Waals surface area contributed by atoms with Gasteiger partial charge in [0.1, 0.15) is 12.0 Å². The molecule has 0 spiro atoms. The minimum atomic E-state index is -0.345. The molecule has 1 amide bonds. The molecule has 0 aliphatic carbocycles. The van der Waals surface area contributed by atoms with Crippen LogP contribution in [0.2, 0.25) is 0 Å². The monoisotopic (exact) mass is 255 g/mol. The number of carbonyl (C=O) groups excluding carboxylic acids is 1. The Balaban J connectivity index is 2.48. The van der Waals surface area contributed by atoms with E-state index in [0.717, 1.165) is 25.5 Å². The molecule has 1 aromatic heterocycles. The highest BCUT2D eigenvalue weighted by molar-refractivity contribution is 5.93. The maximum absolute atomic E-state index is 11.3. The Hall–Kier alpha value is -1.37. The second-order valence-corrected chi connectivity index (χ2v) is 3.84. The molecule has 0 unspecified atom stereocenters. The molecule has 18 heavy (non-hydrogen) atoms. The summed E-state index contributed by atoms with van der Waals surface area (Å²) in [7, 11) is 0. The van der Waals surface area contributed by atoms with E-state index in [1.165, 1.54) is 6.26 Å². The van der Waals surface area contributed by atoms with E-state index in [0.29, 0.717) is 18.7 Å². The Morgan fingerprint density at radius 3 is 2.94 bits per heavy atom. The van der Waals surface area contributed by atoms with Crippen LogP contribution in [0.3, 0.4) is 0 Å². The van der Waals surface area contributed by atoms with E-state index in [1.807, 2.05) is 6.92 Å². The number of furan rings is 1. The zero-order valence-corrected chi connectivity index (χ0v) is 10.9. The zero-order chi connectivity index (χ0) is 13.4. The van der Waals surface area contributed by atoms with Crippen LogP contribution in [0.4, 0.5) is 0 Å². The lowest BCUT2D eigenvalue weighted by molar-refractivity contribution is 0.0953. The molecule has 0 aromatic carbocycles. The number of nitrogens with two attached hydrogens (primary N) is 1. The molecule has 0 saturated heterocycles. The van der Waals surface area contributed by atoms with Crippen molar-refractivity contribution in [1.82, 2.24) is 10.3 Å². The third-order valence-electron chi connectivity index (χ3n) is 2.63. The molecule has 3 N–H and O–H groups in total. The van der Waals surface area contributed by atoms with E-state index < -0.39 is 0 Å². The maximum atomic E-state index is 11.3. The van der Waals surface area contributed by atoms with Gasteiger partial charge in [0.15, 0.2) is 0 Å². The van der Waals surface area contributed by atoms with E-state index in [-0.39, 0.29) is 5.91 Å². The Morgan fingerprint density at radius 2 is 2.33 bits per heavy atom. The molecule has 0 atom stereocenters. The number of hydrogen-bond acceptors (Lipinski definition) is 5. The van der Waals surface area contributed by atoms with Crippen molar-refractivity contribution in [2.45, 2.75) is 20.4 Å². The maximum Gasteiger partial charge on any atom is 0.268 e. The molecular weight excluding hydrogens is 234 g/mol. The largest absolute Gasteiger partial charge is 0.467 e. The molecule has 1 aromatic rings. The number of hydrogen-bond donors (Lipinski definition) is 2. The first kappa shape index (κ1) is 14.7. The van der Waals surface area contributed by atoms with Gasteiger partial charge in [-0.25, -0.2) is 5.84 Å². The molecule has 0 aliphatic heterocycles. The molecule has 1 heterocycles. The van der Waals surface area contributed by atoms with E-state index in [4.69, 9.17) is 15.0 Å². The van der Waals surface area contributed by atoms with Crippen LogP contribution in [0.5, 0.6) is 0 Å². The van der Waals surface area contributed by atoms with Gasteiger partial charge in [-0.2, -0.15) is 0 Å². The van der Waals surface area contributed by atoms with Crippen molar-refractivity contribution in [3.8, 4) is 0 Å². The summed E-state index contributed by atoms with van der Waals surface area (Å²) in [5.74, 6) is 5.45. The lowest BCUT2D eigenvalue weighted by Crippen LogP contribution is -2.29. The number of amides is 1. The van der Waals surface area contributed by atoms with Gasteiger partial charge in [-0.05, 0) is 19.5 Å². The predicted octanol–water partition coefficient (Wildman–Crippen LogP) is 0.742. The van der Waals surface area contributed by atoms with Crippen LogP contribution in [-0.4, -0.2) is 37.1 Å². The Morgan fingerprint density at radius 1 is 1.56 bits per heavy atom. The van der Waals surface area contributed by atoms with E-state index in [2.05, 4.69) is 17.2 Å². The number of hydrazine groups is 1. The van der Waals surface area contributed by atoms with E-state index >= 15 is 0 Å². The third-order valence-corrected chi connectivity index (χ3v) is 2.63. The second kappa shape index (κ2) is 7.86. The highest BCUT2D eigenvalue weighted by Gasteiger charge is 2.11. The average Bonchev–Trinajstić information content (AvgIpc) is 2.85. The van der Waals surface area contributed by atoms with Crippen molar-refractivity contribution in [2.24, 2.45) is 5.84 Å². The lowest BCUT2D eigenvalue weighted by atomic mass is 10.3. The van der Waals surface area contributed by atoms with E-state index in [9.17, 15) is 4.79 Å². The van der Waals surface area contributed by atoms with Gasteiger partial charge in [0, 0.05) is 13.2 Å². The van der Waals surface area contributed by atoms with Gasteiger partial charge in [-0.15, -0.1) is 0 Å². The predicted molar refractivity (Wildman–Crippen MR) is 67.8 cm³/mol. The summed E-state index contributed by atoms with van der Waals surface area (Å²) >= 11 is 0. The standard InChI is InChI=1S/C12H21N3O3/c1-3-15(5-6-17-4-2)8-11-7-10(9-18-11)12(16)14-13/h7,9H,3-6,8,13H2,1-2H3,(H,14,16). The number of likely N-dealkylation sites (N-methyl/N-ethyl adjacent to an activating group) is 1. The van der Waals surface area contributed by atoms with Crippen LogP contribution >= 0.6 is 0 Å². The van der Waals surface area contributed by atoms with Gasteiger partial charge >= 0.3 is 0 Å². The summed E-state index contributed by atoms with van der Waals surface area (Å²) in [5.41, 5.74) is 2.51. The number of ether oxygens (including phenoxy) is 1. The molecular formula is C12H21N3O3. The van der Waals surface area contributed by atoms with Crippen LogP contribution in [0.15, 0.2) is 16.7 Å². The van der Waals surface area contributed by atoms with Crippen LogP contribution < -0.4 is 11.3 Å². The van der Waals surface area contributed by atoms with E-state index in [1.54, 1.807) is 6.07 Å². The Labute approximate surface area is 107 Å². The molecule has 0 fully saturated rings. The smallest absolute Gasteiger partial charge is 0.268 e. The number of carbonyl (C=O) groups is 1. The Bertz CT molecular complexity index is 365. The summed E-state index contributed by atoms with van der Waals surface area (Å²) in [6.45, 7) is 7.85. The first-order valence-electron chi connectivity index (χ1n) is 6.09. The minimum Gasteiger partial charge on any atom is -0.467 e. The van der Waals surface area contributed by atoms with Crippen molar-refractivity contribution >= 4 is 5.91 Å². The normalized spacial score (nSPS) is 10.9. The first-order chi connectivity index (χ1) is 8.71. The first-order valence-corrected chi connectivity index (χ1v) is 6.09. The molecule has 6 nitrogen and oxygen atoms in total. The summed E-state index contributed by atoms with van der Waals surface area (Å²) in [4.78, 5) is 13.4. The summed E-state index contributed by atoms with van der Waals surface area (Å²) in [6.07, 6.45) is 1.41. The number of rotatable bonds is 8.